The van der Waals surface area contributed by atoms with Gasteiger partial charge in [0.05, 0.1) is 12.4 Å². The minimum atomic E-state index is -2.95. The summed E-state index contributed by atoms with van der Waals surface area (Å²) in [6, 6.07) is 9.64. The molecule has 0 heterocycles. The third kappa shape index (κ3) is 8.91. The molecule has 6 nitrogen and oxygen atoms in total. The number of sulfone groups is 1. The first kappa shape index (κ1) is 17.3. The number of guanidine groups is 1. The number of para-hydroxylation sites is 1. The average molecular weight is 313 g/mol. The number of hydrogen-bond acceptors (Lipinski definition) is 4. The van der Waals surface area contributed by atoms with E-state index in [-0.39, 0.29) is 5.75 Å². The van der Waals surface area contributed by atoms with Gasteiger partial charge in [0.2, 0.25) is 0 Å². The predicted octanol–water partition coefficient (Wildman–Crippen LogP) is 0.665. The highest BCUT2D eigenvalue weighted by Gasteiger charge is 2.02. The Labute approximate surface area is 126 Å². The van der Waals surface area contributed by atoms with Crippen LogP contribution in [0.15, 0.2) is 35.3 Å². The van der Waals surface area contributed by atoms with Crippen molar-refractivity contribution in [1.82, 2.24) is 10.6 Å². The van der Waals surface area contributed by atoms with Crippen LogP contribution >= 0.6 is 0 Å². The van der Waals surface area contributed by atoms with Gasteiger partial charge in [0, 0.05) is 26.4 Å². The average Bonchev–Trinajstić information content (AvgIpc) is 2.45. The van der Waals surface area contributed by atoms with Crippen LogP contribution in [0.25, 0.3) is 0 Å². The summed E-state index contributed by atoms with van der Waals surface area (Å²) in [7, 11) is -1.30. The molecule has 0 amide bonds. The Morgan fingerprint density at radius 1 is 1.19 bits per heavy atom. The molecule has 21 heavy (non-hydrogen) atoms. The lowest BCUT2D eigenvalue weighted by Gasteiger charge is -2.11. The van der Waals surface area contributed by atoms with Gasteiger partial charge in [0.15, 0.2) is 5.96 Å². The summed E-state index contributed by atoms with van der Waals surface area (Å²) in [4.78, 5) is 4.02. The second-order valence-corrected chi connectivity index (χ2v) is 6.83. The summed E-state index contributed by atoms with van der Waals surface area (Å²) < 4.78 is 27.6. The van der Waals surface area contributed by atoms with E-state index in [9.17, 15) is 8.42 Å². The minimum Gasteiger partial charge on any atom is -0.494 e. The third-order valence-electron chi connectivity index (χ3n) is 2.61. The van der Waals surface area contributed by atoms with E-state index >= 15 is 0 Å². The molecule has 0 fully saturated rings. The molecule has 7 heteroatoms. The molecule has 0 saturated heterocycles. The zero-order chi connectivity index (χ0) is 15.6. The van der Waals surface area contributed by atoms with Gasteiger partial charge in [0.1, 0.15) is 15.6 Å². The van der Waals surface area contributed by atoms with Crippen LogP contribution in [-0.4, -0.2) is 53.1 Å². The molecule has 0 aliphatic heterocycles. The van der Waals surface area contributed by atoms with Crippen molar-refractivity contribution in [1.29, 1.82) is 0 Å². The van der Waals surface area contributed by atoms with Crippen LogP contribution in [-0.2, 0) is 9.84 Å². The highest BCUT2D eigenvalue weighted by Crippen LogP contribution is 2.07. The van der Waals surface area contributed by atoms with Crippen molar-refractivity contribution in [2.45, 2.75) is 6.42 Å². The third-order valence-corrected chi connectivity index (χ3v) is 3.56. The van der Waals surface area contributed by atoms with E-state index in [4.69, 9.17) is 4.74 Å². The fourth-order valence-corrected chi connectivity index (χ4v) is 2.03. The molecule has 0 radical (unpaired) electrons. The number of aliphatic imine (C=N–C) groups is 1. The van der Waals surface area contributed by atoms with Gasteiger partial charge in [-0.25, -0.2) is 8.42 Å². The van der Waals surface area contributed by atoms with E-state index in [1.54, 1.807) is 7.05 Å². The molecule has 0 aliphatic rings. The molecule has 2 N–H and O–H groups in total. The molecule has 118 valence electrons. The van der Waals surface area contributed by atoms with E-state index in [1.165, 1.54) is 6.26 Å². The lowest BCUT2D eigenvalue weighted by atomic mass is 10.3. The summed E-state index contributed by atoms with van der Waals surface area (Å²) in [5, 5.41) is 6.06. The van der Waals surface area contributed by atoms with Gasteiger partial charge in [-0.2, -0.15) is 0 Å². The Hall–Kier alpha value is -1.76. The highest BCUT2D eigenvalue weighted by atomic mass is 32.2. The van der Waals surface area contributed by atoms with Gasteiger partial charge in [0.25, 0.3) is 0 Å². The molecule has 1 rings (SSSR count). The van der Waals surface area contributed by atoms with Crippen LogP contribution in [0.4, 0.5) is 0 Å². The number of ether oxygens (including phenoxy) is 1. The fourth-order valence-electron chi connectivity index (χ4n) is 1.56. The number of benzene rings is 1. The van der Waals surface area contributed by atoms with Gasteiger partial charge in [-0.05, 0) is 18.6 Å². The van der Waals surface area contributed by atoms with E-state index in [1.807, 2.05) is 30.3 Å². The quantitative estimate of drug-likeness (QED) is 0.419. The van der Waals surface area contributed by atoms with Crippen molar-refractivity contribution in [3.8, 4) is 5.75 Å². The molecule has 0 spiro atoms. The van der Waals surface area contributed by atoms with E-state index in [0.717, 1.165) is 12.2 Å². The molecule has 1 aromatic carbocycles. The van der Waals surface area contributed by atoms with Gasteiger partial charge in [-0.15, -0.1) is 0 Å². The summed E-state index contributed by atoms with van der Waals surface area (Å²) in [5.74, 6) is 1.54. The van der Waals surface area contributed by atoms with E-state index in [0.29, 0.717) is 25.7 Å². The smallest absolute Gasteiger partial charge is 0.191 e. The van der Waals surface area contributed by atoms with Crippen molar-refractivity contribution in [3.05, 3.63) is 30.3 Å². The number of rotatable bonds is 8. The number of nitrogens with zero attached hydrogens (tertiary/aromatic N) is 1. The fraction of sp³-hybridized carbons (Fsp3) is 0.500. The van der Waals surface area contributed by atoms with Crippen molar-refractivity contribution < 1.29 is 13.2 Å². The normalized spacial score (nSPS) is 12.0. The molecule has 0 bridgehead atoms. The second-order valence-electron chi connectivity index (χ2n) is 4.57. The van der Waals surface area contributed by atoms with Crippen LogP contribution < -0.4 is 15.4 Å². The first-order chi connectivity index (χ1) is 10.0. The van der Waals surface area contributed by atoms with Crippen molar-refractivity contribution in [3.63, 3.8) is 0 Å². The lowest BCUT2D eigenvalue weighted by Crippen LogP contribution is -2.40. The monoisotopic (exact) mass is 313 g/mol. The molecular formula is C14H23N3O3S. The second kappa shape index (κ2) is 9.23. The predicted molar refractivity (Wildman–Crippen MR) is 85.6 cm³/mol. The topological polar surface area (TPSA) is 79.8 Å². The maximum Gasteiger partial charge on any atom is 0.191 e. The lowest BCUT2D eigenvalue weighted by molar-refractivity contribution is 0.311. The van der Waals surface area contributed by atoms with Gasteiger partial charge in [-0.1, -0.05) is 18.2 Å². The summed E-state index contributed by atoms with van der Waals surface area (Å²) in [5.41, 5.74) is 0. The molecule has 0 aromatic heterocycles. The largest absolute Gasteiger partial charge is 0.494 e. The van der Waals surface area contributed by atoms with Crippen LogP contribution in [0.3, 0.4) is 0 Å². The van der Waals surface area contributed by atoms with Crippen molar-refractivity contribution in [2.24, 2.45) is 4.99 Å². The standard InChI is InChI=1S/C14H23N3O3S/c1-15-14(17-10-12-21(2,18)19)16-9-6-11-20-13-7-4-3-5-8-13/h3-5,7-8H,6,9-12H2,1-2H3,(H2,15,16,17). The number of hydrogen-bond donors (Lipinski definition) is 2. The molecule has 0 aliphatic carbocycles. The van der Waals surface area contributed by atoms with Crippen LogP contribution in [0.1, 0.15) is 6.42 Å². The number of nitrogens with one attached hydrogen (secondary N) is 2. The Balaban J connectivity index is 2.12. The molecular weight excluding hydrogens is 290 g/mol. The maximum absolute atomic E-state index is 11.0. The Kier molecular flexibility index (Phi) is 7.60. The molecule has 0 saturated carbocycles. The van der Waals surface area contributed by atoms with Gasteiger partial charge in [-0.3, -0.25) is 4.99 Å². The zero-order valence-corrected chi connectivity index (χ0v) is 13.3. The van der Waals surface area contributed by atoms with Crippen molar-refractivity contribution in [2.75, 3.05) is 38.8 Å². The van der Waals surface area contributed by atoms with Crippen LogP contribution in [0.5, 0.6) is 5.75 Å². The van der Waals surface area contributed by atoms with Crippen LogP contribution in [0, 0.1) is 0 Å². The van der Waals surface area contributed by atoms with Crippen LogP contribution in [0.2, 0.25) is 0 Å². The maximum atomic E-state index is 11.0. The molecule has 0 atom stereocenters. The Morgan fingerprint density at radius 3 is 2.48 bits per heavy atom. The van der Waals surface area contributed by atoms with E-state index < -0.39 is 9.84 Å². The first-order valence-corrected chi connectivity index (χ1v) is 8.87. The zero-order valence-electron chi connectivity index (χ0n) is 12.5. The summed E-state index contributed by atoms with van der Waals surface area (Å²) in [6.07, 6.45) is 2.04. The van der Waals surface area contributed by atoms with E-state index in [2.05, 4.69) is 15.6 Å². The first-order valence-electron chi connectivity index (χ1n) is 6.81. The SMILES string of the molecule is CN=C(NCCCOc1ccccc1)NCCS(C)(=O)=O. The van der Waals surface area contributed by atoms with Gasteiger partial charge >= 0.3 is 0 Å². The Bertz CT molecular complexity index is 530. The van der Waals surface area contributed by atoms with Gasteiger partial charge < -0.3 is 15.4 Å². The Morgan fingerprint density at radius 2 is 1.86 bits per heavy atom. The summed E-state index contributed by atoms with van der Waals surface area (Å²) in [6.45, 7) is 1.65. The highest BCUT2D eigenvalue weighted by molar-refractivity contribution is 7.90. The molecule has 0 unspecified atom stereocenters. The molecule has 1 aromatic rings. The summed E-state index contributed by atoms with van der Waals surface area (Å²) >= 11 is 0. The minimum absolute atomic E-state index is 0.0881. The van der Waals surface area contributed by atoms with Crippen molar-refractivity contribution >= 4 is 15.8 Å².